The maximum atomic E-state index is 14.3. The largest absolute Gasteiger partial charge is 0.359 e. The lowest BCUT2D eigenvalue weighted by Crippen LogP contribution is -2.55. The molecule has 2 heterocycles. The first-order chi connectivity index (χ1) is 12.5. The van der Waals surface area contributed by atoms with Crippen molar-refractivity contribution in [3.63, 3.8) is 0 Å². The lowest BCUT2D eigenvalue weighted by atomic mass is 9.98. The van der Waals surface area contributed by atoms with Crippen molar-refractivity contribution in [3.05, 3.63) is 46.0 Å². The number of rotatable bonds is 3. The van der Waals surface area contributed by atoms with Crippen molar-refractivity contribution in [2.45, 2.75) is 19.3 Å². The van der Waals surface area contributed by atoms with Crippen LogP contribution in [0.25, 0.3) is 5.69 Å². The molecular formula is C18H18ClFN4O2. The highest BCUT2D eigenvalue weighted by Crippen LogP contribution is 2.31. The lowest BCUT2D eigenvalue weighted by molar-refractivity contribution is -0.128. The summed E-state index contributed by atoms with van der Waals surface area (Å²) in [4.78, 5) is 26.1. The Morgan fingerprint density at radius 3 is 2.81 bits per heavy atom. The predicted octanol–water partition coefficient (Wildman–Crippen LogP) is 1.97. The van der Waals surface area contributed by atoms with Gasteiger partial charge in [-0.2, -0.15) is 5.10 Å². The highest BCUT2D eigenvalue weighted by atomic mass is 35.5. The Morgan fingerprint density at radius 2 is 2.08 bits per heavy atom. The third kappa shape index (κ3) is 2.67. The number of likely N-dealkylation sites (tertiary alicyclic amines) is 1. The number of fused-ring (bicyclic) bond motifs is 1. The Morgan fingerprint density at radius 1 is 1.31 bits per heavy atom. The molecule has 0 atom stereocenters. The zero-order valence-corrected chi connectivity index (χ0v) is 15.0. The average Bonchev–Trinajstić information content (AvgIpc) is 3.17. The fourth-order valence-corrected chi connectivity index (χ4v) is 3.79. The van der Waals surface area contributed by atoms with Gasteiger partial charge in [-0.25, -0.2) is 9.07 Å². The fraction of sp³-hybridized carbons (Fsp3) is 0.389. The number of amides is 2. The number of aromatic nitrogens is 2. The van der Waals surface area contributed by atoms with Crippen LogP contribution in [0.3, 0.4) is 0 Å². The Balaban J connectivity index is 1.66. The first-order valence-corrected chi connectivity index (χ1v) is 8.94. The second kappa shape index (κ2) is 6.39. The van der Waals surface area contributed by atoms with Gasteiger partial charge in [-0.15, -0.1) is 0 Å². The van der Waals surface area contributed by atoms with E-state index in [1.807, 2.05) is 0 Å². The summed E-state index contributed by atoms with van der Waals surface area (Å²) >= 11 is 6.01. The van der Waals surface area contributed by atoms with Gasteiger partial charge in [0.15, 0.2) is 5.69 Å². The van der Waals surface area contributed by atoms with Gasteiger partial charge in [0.2, 0.25) is 5.91 Å². The van der Waals surface area contributed by atoms with E-state index in [9.17, 15) is 14.0 Å². The second-order valence-corrected chi connectivity index (χ2v) is 7.09. The zero-order valence-electron chi connectivity index (χ0n) is 14.3. The summed E-state index contributed by atoms with van der Waals surface area (Å²) < 4.78 is 15.8. The number of carbonyl (C=O) groups excluding carboxylic acids is 2. The number of halogens is 2. The molecule has 2 aromatic rings. The summed E-state index contributed by atoms with van der Waals surface area (Å²) in [5.74, 6) is -0.881. The van der Waals surface area contributed by atoms with E-state index in [0.717, 1.165) is 30.5 Å². The summed E-state index contributed by atoms with van der Waals surface area (Å²) in [5, 5.41) is 7.43. The average molecular weight is 377 g/mol. The van der Waals surface area contributed by atoms with Crippen LogP contribution in [-0.2, 0) is 17.6 Å². The molecule has 1 aromatic heterocycles. The van der Waals surface area contributed by atoms with Crippen molar-refractivity contribution < 1.29 is 14.0 Å². The van der Waals surface area contributed by atoms with Crippen LogP contribution < -0.4 is 5.32 Å². The first kappa shape index (κ1) is 17.0. The normalized spacial score (nSPS) is 16.3. The molecule has 1 aliphatic heterocycles. The molecule has 0 bridgehead atoms. The zero-order chi connectivity index (χ0) is 18.4. The highest BCUT2D eigenvalue weighted by molar-refractivity contribution is 6.30. The fourth-order valence-electron chi connectivity index (χ4n) is 3.62. The summed E-state index contributed by atoms with van der Waals surface area (Å²) in [6.07, 6.45) is 2.38. The van der Waals surface area contributed by atoms with E-state index in [-0.39, 0.29) is 23.4 Å². The molecule has 6 nitrogen and oxygen atoms in total. The molecular weight excluding hydrogens is 359 g/mol. The van der Waals surface area contributed by atoms with Gasteiger partial charge in [-0.3, -0.25) is 9.59 Å². The number of benzene rings is 1. The summed E-state index contributed by atoms with van der Waals surface area (Å²) in [7, 11) is 1.58. The maximum absolute atomic E-state index is 14.3. The van der Waals surface area contributed by atoms with Crippen molar-refractivity contribution in [1.29, 1.82) is 0 Å². The second-order valence-electron chi connectivity index (χ2n) is 6.66. The van der Waals surface area contributed by atoms with Crippen molar-refractivity contribution in [1.82, 2.24) is 20.0 Å². The van der Waals surface area contributed by atoms with Crippen LogP contribution in [0.2, 0.25) is 5.02 Å². The van der Waals surface area contributed by atoms with Crippen molar-refractivity contribution in [2.75, 3.05) is 20.1 Å². The Hall–Kier alpha value is -2.41. The molecule has 1 aromatic carbocycles. The highest BCUT2D eigenvalue weighted by Gasteiger charge is 2.38. The number of hydrogen-bond acceptors (Lipinski definition) is 3. The van der Waals surface area contributed by atoms with E-state index in [4.69, 9.17) is 11.6 Å². The van der Waals surface area contributed by atoms with E-state index in [1.165, 1.54) is 22.9 Å². The smallest absolute Gasteiger partial charge is 0.274 e. The van der Waals surface area contributed by atoms with E-state index in [2.05, 4.69) is 10.4 Å². The molecule has 1 N–H and O–H groups in total. The van der Waals surface area contributed by atoms with Gasteiger partial charge in [0.25, 0.3) is 5.91 Å². The van der Waals surface area contributed by atoms with E-state index >= 15 is 0 Å². The molecule has 1 aliphatic carbocycles. The third-order valence-electron chi connectivity index (χ3n) is 5.06. The molecule has 0 saturated carbocycles. The van der Waals surface area contributed by atoms with Crippen LogP contribution in [0.4, 0.5) is 4.39 Å². The molecule has 0 radical (unpaired) electrons. The van der Waals surface area contributed by atoms with Gasteiger partial charge < -0.3 is 10.2 Å². The van der Waals surface area contributed by atoms with Crippen LogP contribution >= 0.6 is 11.6 Å². The van der Waals surface area contributed by atoms with Crippen molar-refractivity contribution >= 4 is 23.4 Å². The Bertz CT molecular complexity index is 905. The minimum atomic E-state index is -0.436. The summed E-state index contributed by atoms with van der Waals surface area (Å²) in [6, 6.07) is 4.29. The van der Waals surface area contributed by atoms with Gasteiger partial charge in [-0.1, -0.05) is 11.6 Å². The number of carbonyl (C=O) groups is 2. The van der Waals surface area contributed by atoms with Crippen molar-refractivity contribution in [2.24, 2.45) is 5.92 Å². The molecule has 26 heavy (non-hydrogen) atoms. The van der Waals surface area contributed by atoms with E-state index in [0.29, 0.717) is 23.8 Å². The third-order valence-corrected chi connectivity index (χ3v) is 5.29. The van der Waals surface area contributed by atoms with Gasteiger partial charge in [0.1, 0.15) is 11.5 Å². The van der Waals surface area contributed by atoms with Gasteiger partial charge in [0, 0.05) is 36.4 Å². The SMILES string of the molecule is CNC(=O)C1CN(C(=O)c2nn(-c3cc(Cl)ccc3F)c3c2CCC3)C1. The molecule has 1 saturated heterocycles. The molecule has 0 unspecified atom stereocenters. The molecule has 4 rings (SSSR count). The lowest BCUT2D eigenvalue weighted by Gasteiger charge is -2.37. The van der Waals surface area contributed by atoms with Crippen LogP contribution in [-0.4, -0.2) is 46.6 Å². The van der Waals surface area contributed by atoms with Crippen LogP contribution in [0.5, 0.6) is 0 Å². The summed E-state index contributed by atoms with van der Waals surface area (Å²) in [5.41, 5.74) is 2.34. The molecule has 2 amide bonds. The monoisotopic (exact) mass is 376 g/mol. The topological polar surface area (TPSA) is 67.2 Å². The minimum absolute atomic E-state index is 0.0641. The quantitative estimate of drug-likeness (QED) is 0.890. The first-order valence-electron chi connectivity index (χ1n) is 8.56. The number of nitrogens with one attached hydrogen (secondary N) is 1. The van der Waals surface area contributed by atoms with Crippen LogP contribution in [0, 0.1) is 11.7 Å². The molecule has 136 valence electrons. The molecule has 1 fully saturated rings. The Labute approximate surface area is 154 Å². The van der Waals surface area contributed by atoms with Gasteiger partial charge >= 0.3 is 0 Å². The van der Waals surface area contributed by atoms with Gasteiger partial charge in [-0.05, 0) is 37.5 Å². The summed E-state index contributed by atoms with van der Waals surface area (Å²) in [6.45, 7) is 0.761. The number of nitrogens with zero attached hydrogens (tertiary/aromatic N) is 3. The molecule has 8 heteroatoms. The number of hydrogen-bond donors (Lipinski definition) is 1. The van der Waals surface area contributed by atoms with E-state index in [1.54, 1.807) is 11.9 Å². The standard InChI is InChI=1S/C18H18ClFN4O2/c1-21-17(25)10-8-23(9-10)18(26)16-12-3-2-4-14(12)24(22-16)15-7-11(19)5-6-13(15)20/h5-7,10H,2-4,8-9H2,1H3,(H,21,25). The predicted molar refractivity (Wildman–Crippen MR) is 94.0 cm³/mol. The Kier molecular flexibility index (Phi) is 4.19. The van der Waals surface area contributed by atoms with Gasteiger partial charge in [0.05, 0.1) is 5.92 Å². The minimum Gasteiger partial charge on any atom is -0.359 e. The molecule has 0 spiro atoms. The van der Waals surface area contributed by atoms with Crippen LogP contribution in [0.15, 0.2) is 18.2 Å². The van der Waals surface area contributed by atoms with E-state index < -0.39 is 5.82 Å². The van der Waals surface area contributed by atoms with Crippen molar-refractivity contribution in [3.8, 4) is 5.69 Å². The van der Waals surface area contributed by atoms with Crippen LogP contribution in [0.1, 0.15) is 28.2 Å². The molecule has 2 aliphatic rings. The maximum Gasteiger partial charge on any atom is 0.274 e.